The van der Waals surface area contributed by atoms with Gasteiger partial charge in [0.25, 0.3) is 0 Å². The largest absolute Gasteiger partial charge is 0.388 e. The van der Waals surface area contributed by atoms with Crippen molar-refractivity contribution < 1.29 is 9.78 Å². The Balaban J connectivity index is 0.00000115. The Kier molecular flexibility index (Phi) is 26.9. The van der Waals surface area contributed by atoms with E-state index in [1.54, 1.807) is 12.3 Å². The van der Waals surface area contributed by atoms with Crippen molar-refractivity contribution >= 4 is 28.2 Å². The number of anilines is 1. The van der Waals surface area contributed by atoms with Gasteiger partial charge in [0.2, 0.25) is 5.90 Å². The summed E-state index contributed by atoms with van der Waals surface area (Å²) < 4.78 is 2.50. The maximum absolute atomic E-state index is 6.13. The molecule has 0 amide bonds. The third-order valence-electron chi connectivity index (χ3n) is 12.8. The van der Waals surface area contributed by atoms with Crippen LogP contribution in [0.25, 0.3) is 39.0 Å². The van der Waals surface area contributed by atoms with Crippen LogP contribution in [-0.2, 0) is 35.7 Å². The van der Waals surface area contributed by atoms with Crippen LogP contribution >= 0.6 is 0 Å². The molecule has 76 heavy (non-hydrogen) atoms. The van der Waals surface area contributed by atoms with Gasteiger partial charge in [-0.2, -0.15) is 4.89 Å². The number of hydrogen-bond donors (Lipinski definition) is 3. The first-order chi connectivity index (χ1) is 36.4. The van der Waals surface area contributed by atoms with Gasteiger partial charge in [-0.15, -0.1) is 5.10 Å². The lowest BCUT2D eigenvalue weighted by atomic mass is 9.84. The number of benzene rings is 4. The van der Waals surface area contributed by atoms with Crippen LogP contribution < -0.4 is 16.1 Å². The van der Waals surface area contributed by atoms with Crippen LogP contribution in [-0.4, -0.2) is 86.6 Å². The molecule has 0 spiro atoms. The first-order valence-electron chi connectivity index (χ1n) is 27.4. The molecule has 10 heteroatoms. The predicted molar refractivity (Wildman–Crippen MR) is 331 cm³/mol. The zero-order chi connectivity index (χ0) is 56.5. The lowest BCUT2D eigenvalue weighted by Crippen LogP contribution is -2.34. The Bertz CT molecular complexity index is 2730. The topological polar surface area (TPSA) is 81.6 Å². The van der Waals surface area contributed by atoms with E-state index in [4.69, 9.17) is 9.78 Å². The number of allylic oxidation sites excluding steroid dienone is 3. The average molecular weight is 1030 g/mol. The number of aromatic nitrogens is 1. The van der Waals surface area contributed by atoms with E-state index in [1.165, 1.54) is 55.5 Å². The summed E-state index contributed by atoms with van der Waals surface area (Å²) >= 11 is 0. The van der Waals surface area contributed by atoms with E-state index in [-0.39, 0.29) is 11.5 Å². The lowest BCUT2D eigenvalue weighted by molar-refractivity contribution is -0.242. The van der Waals surface area contributed by atoms with E-state index >= 15 is 0 Å². The van der Waals surface area contributed by atoms with Crippen molar-refractivity contribution in [2.75, 3.05) is 60.8 Å². The summed E-state index contributed by atoms with van der Waals surface area (Å²) in [5.41, 5.74) is 19.9. The summed E-state index contributed by atoms with van der Waals surface area (Å²) in [6, 6.07) is 31.3. The summed E-state index contributed by atoms with van der Waals surface area (Å²) in [7, 11) is 12.3. The fraction of sp³-hybridized carbons (Fsp3) is 0.409. The molecular formula is C66H96N8O2. The van der Waals surface area contributed by atoms with Crippen molar-refractivity contribution in [3.05, 3.63) is 180 Å². The molecule has 6 rings (SSSR count). The molecule has 1 unspecified atom stereocenters. The molecule has 0 saturated heterocycles. The van der Waals surface area contributed by atoms with Crippen LogP contribution in [0.4, 0.5) is 5.69 Å². The van der Waals surface area contributed by atoms with Crippen LogP contribution in [0, 0.1) is 12.3 Å². The van der Waals surface area contributed by atoms with Crippen LogP contribution in [0.2, 0.25) is 0 Å². The number of hydrazone groups is 1. The van der Waals surface area contributed by atoms with E-state index in [0.29, 0.717) is 18.9 Å². The number of hydrogen-bond acceptors (Lipinski definition) is 9. The molecule has 1 aliphatic heterocycles. The highest BCUT2D eigenvalue weighted by Gasteiger charge is 2.29. The zero-order valence-corrected chi connectivity index (χ0v) is 49.7. The smallest absolute Gasteiger partial charge is 0.249 e. The lowest BCUT2D eigenvalue weighted by Gasteiger charge is -2.31. The molecule has 1 aromatic heterocycles. The number of nitrogens with one attached hydrogen (secondary N) is 3. The first kappa shape index (κ1) is 63.7. The van der Waals surface area contributed by atoms with Gasteiger partial charge in [-0.3, -0.25) is 5.43 Å². The first-order valence-corrected chi connectivity index (χ1v) is 27.4. The molecule has 10 nitrogen and oxygen atoms in total. The van der Waals surface area contributed by atoms with Gasteiger partial charge < -0.3 is 34.8 Å². The van der Waals surface area contributed by atoms with Crippen molar-refractivity contribution in [1.82, 2.24) is 30.0 Å². The van der Waals surface area contributed by atoms with E-state index in [0.717, 1.165) is 79.2 Å². The summed E-state index contributed by atoms with van der Waals surface area (Å²) in [6.45, 7) is 40.8. The van der Waals surface area contributed by atoms with E-state index in [9.17, 15) is 0 Å². The second-order valence-electron chi connectivity index (χ2n) is 20.5. The van der Waals surface area contributed by atoms with Crippen molar-refractivity contribution in [2.45, 2.75) is 120 Å². The monoisotopic (exact) mass is 1030 g/mol. The van der Waals surface area contributed by atoms with Gasteiger partial charge in [-0.25, -0.2) is 0 Å². The van der Waals surface area contributed by atoms with Gasteiger partial charge in [0.05, 0.1) is 23.7 Å². The minimum Gasteiger partial charge on any atom is -0.388 e. The molecule has 412 valence electrons. The van der Waals surface area contributed by atoms with Gasteiger partial charge in [-0.05, 0) is 145 Å². The Labute approximate surface area is 460 Å². The van der Waals surface area contributed by atoms with E-state index in [1.807, 2.05) is 54.9 Å². The number of aryl methyl sites for hydroxylation is 2. The van der Waals surface area contributed by atoms with Crippen LogP contribution in [0.3, 0.4) is 0 Å². The molecule has 3 N–H and O–H groups in total. The fourth-order valence-electron chi connectivity index (χ4n) is 9.51. The molecular weight excluding hydrogens is 937 g/mol. The number of rotatable bonds is 16. The molecule has 1 atom stereocenters. The molecule has 5 aromatic rings. The van der Waals surface area contributed by atoms with Crippen molar-refractivity contribution in [3.63, 3.8) is 0 Å². The second-order valence-corrected chi connectivity index (χ2v) is 20.5. The fourth-order valence-corrected chi connectivity index (χ4v) is 9.51. The quantitative estimate of drug-likeness (QED) is 0.0512. The second kappa shape index (κ2) is 32.1. The van der Waals surface area contributed by atoms with Gasteiger partial charge in [-0.1, -0.05) is 158 Å². The van der Waals surface area contributed by atoms with Crippen molar-refractivity contribution in [3.8, 4) is 22.4 Å². The number of fused-ring (bicyclic) bond motifs is 4. The highest BCUT2D eigenvalue weighted by atomic mass is 17.2. The molecule has 0 fully saturated rings. The Morgan fingerprint density at radius 2 is 1.58 bits per heavy atom. The number of nitrogens with zero attached hydrogens (tertiary/aromatic N) is 5. The third-order valence-corrected chi connectivity index (χ3v) is 12.8. The molecule has 1 aliphatic rings. The third kappa shape index (κ3) is 18.6. The summed E-state index contributed by atoms with van der Waals surface area (Å²) in [6.07, 6.45) is 11.1. The predicted octanol–water partition coefficient (Wildman–Crippen LogP) is 15.4. The van der Waals surface area contributed by atoms with E-state index in [2.05, 4.69) is 220 Å². The minimum atomic E-state index is -0.292. The molecule has 0 radical (unpaired) electrons. The standard InChI is InChI=1S/C55H71N7O2.C7H13N.2C2H6/c1-14-57-59-52-22-18-20-47(58-39(6)53(37(3)4)61(13)40(7)42-23-26-46(56-10)27-24-42)32-41-29-38(5)30-45(31-41)43-25-28-51-49(33-43)50(34-55(8,9)36-63-64-52)54(62(51)15-2)48-21-17-16-19-44(48)35-60(11)12;1-4-5-6-7-8(2)3;2*1-2/h14,16-17,19,21,23-31,33,47,56-58H,1,6-7,15,18,20,22,32,34-36H2,2-5,8-13H3;4-6H,1,7H2,2-3H3;2*1-2H3/b59-52+;6-5+;;. The number of likely N-dealkylation sites (N-methyl/N-ethyl adjacent to an activating group) is 2. The molecule has 0 aliphatic carbocycles. The van der Waals surface area contributed by atoms with Crippen molar-refractivity contribution in [2.24, 2.45) is 10.5 Å². The zero-order valence-electron chi connectivity index (χ0n) is 49.7. The van der Waals surface area contributed by atoms with Gasteiger partial charge in [0, 0.05) is 80.2 Å². The Hall–Kier alpha value is -6.59. The SMILES string of the molecule is C=C/C=C/CN(C)C.C=CN/N=C1\CCCC(NC(=C)C(=C(C)C)N(C)C(=C)c2ccc(NC)cc2)Cc2cc(C)cc(c2)-c2ccc3c(c2)c(c(-c2ccccc2CN(C)C)n3CC)CC(C)(C)COO1.CC.CC. The van der Waals surface area contributed by atoms with Crippen LogP contribution in [0.1, 0.15) is 109 Å². The van der Waals surface area contributed by atoms with Crippen molar-refractivity contribution in [1.29, 1.82) is 0 Å². The highest BCUT2D eigenvalue weighted by molar-refractivity contribution is 5.95. The van der Waals surface area contributed by atoms with E-state index < -0.39 is 0 Å². The Morgan fingerprint density at radius 1 is 0.882 bits per heavy atom. The van der Waals surface area contributed by atoms with Crippen LogP contribution in [0.5, 0.6) is 0 Å². The Morgan fingerprint density at radius 3 is 2.20 bits per heavy atom. The molecule has 0 saturated carbocycles. The maximum Gasteiger partial charge on any atom is 0.249 e. The minimum absolute atomic E-state index is 0.0397. The van der Waals surface area contributed by atoms with Gasteiger partial charge >= 0.3 is 0 Å². The van der Waals surface area contributed by atoms with Gasteiger partial charge in [0.1, 0.15) is 0 Å². The molecule has 4 aromatic carbocycles. The summed E-state index contributed by atoms with van der Waals surface area (Å²) in [5.74, 6) is 0.475. The highest BCUT2D eigenvalue weighted by Crippen LogP contribution is 2.41. The summed E-state index contributed by atoms with van der Waals surface area (Å²) in [5, 5.41) is 12.9. The van der Waals surface area contributed by atoms with Gasteiger partial charge in [0.15, 0.2) is 0 Å². The normalized spacial score (nSPS) is 14.9. The average Bonchev–Trinajstić information content (AvgIpc) is 3.70. The van der Waals surface area contributed by atoms with Crippen LogP contribution in [0.15, 0.2) is 158 Å². The summed E-state index contributed by atoms with van der Waals surface area (Å²) in [4.78, 5) is 18.7. The maximum atomic E-state index is 6.13. The molecule has 2 heterocycles. The molecule has 4 bridgehead atoms.